The Morgan fingerprint density at radius 1 is 1.16 bits per heavy atom. The van der Waals surface area contributed by atoms with Gasteiger partial charge in [-0.1, -0.05) is 6.07 Å². The number of aromatic nitrogens is 1. The average Bonchev–Trinajstić information content (AvgIpc) is 3.28. The first kappa shape index (κ1) is 23.5. The SMILES string of the molecule is O=C(O)C(F)(F)F.O=C([C@@H]1CCO[C@@H]2CCN(Cc3ccccn3)C[C@@H]21)N1CCCC1. The number of likely N-dealkylation sites (tertiary alicyclic amines) is 2. The van der Waals surface area contributed by atoms with Gasteiger partial charge in [0.2, 0.25) is 5.91 Å². The molecule has 1 aromatic heterocycles. The van der Waals surface area contributed by atoms with E-state index in [0.29, 0.717) is 11.8 Å². The number of pyridine rings is 1. The molecule has 0 saturated carbocycles. The fourth-order valence-electron chi connectivity index (χ4n) is 4.53. The number of carboxylic acids is 1. The number of amides is 1. The Bertz CT molecular complexity index is 741. The minimum atomic E-state index is -5.08. The van der Waals surface area contributed by atoms with Gasteiger partial charge >= 0.3 is 12.1 Å². The van der Waals surface area contributed by atoms with E-state index in [1.165, 1.54) is 0 Å². The lowest BCUT2D eigenvalue weighted by molar-refractivity contribution is -0.192. The van der Waals surface area contributed by atoms with Gasteiger partial charge in [-0.05, 0) is 37.8 Å². The van der Waals surface area contributed by atoms with Gasteiger partial charge in [0.15, 0.2) is 0 Å². The zero-order valence-electron chi connectivity index (χ0n) is 17.3. The van der Waals surface area contributed by atoms with E-state index >= 15 is 0 Å². The minimum absolute atomic E-state index is 0.147. The highest BCUT2D eigenvalue weighted by atomic mass is 19.4. The lowest BCUT2D eigenvalue weighted by atomic mass is 9.78. The van der Waals surface area contributed by atoms with Crippen LogP contribution in [0.3, 0.4) is 0 Å². The summed E-state index contributed by atoms with van der Waals surface area (Å²) < 4.78 is 37.7. The summed E-state index contributed by atoms with van der Waals surface area (Å²) in [6, 6.07) is 6.07. The van der Waals surface area contributed by atoms with E-state index in [4.69, 9.17) is 14.6 Å². The van der Waals surface area contributed by atoms with Crippen molar-refractivity contribution >= 4 is 11.9 Å². The highest BCUT2D eigenvalue weighted by Gasteiger charge is 2.43. The van der Waals surface area contributed by atoms with Gasteiger partial charge in [0.25, 0.3) is 0 Å². The number of hydrogen-bond donors (Lipinski definition) is 1. The zero-order chi connectivity index (χ0) is 22.4. The van der Waals surface area contributed by atoms with E-state index in [1.807, 2.05) is 18.3 Å². The number of alkyl halides is 3. The minimum Gasteiger partial charge on any atom is -0.475 e. The number of nitrogens with zero attached hydrogens (tertiary/aromatic N) is 3. The van der Waals surface area contributed by atoms with Crippen LogP contribution >= 0.6 is 0 Å². The molecule has 1 N–H and O–H groups in total. The maximum atomic E-state index is 13.0. The quantitative estimate of drug-likeness (QED) is 0.773. The van der Waals surface area contributed by atoms with Crippen molar-refractivity contribution in [1.29, 1.82) is 0 Å². The van der Waals surface area contributed by atoms with Crippen LogP contribution in [-0.4, -0.2) is 76.8 Å². The molecule has 1 aromatic rings. The van der Waals surface area contributed by atoms with Crippen LogP contribution in [0.1, 0.15) is 31.4 Å². The van der Waals surface area contributed by atoms with Crippen LogP contribution in [0.4, 0.5) is 13.2 Å². The summed E-state index contributed by atoms with van der Waals surface area (Å²) in [6.45, 7) is 5.49. The Morgan fingerprint density at radius 2 is 1.87 bits per heavy atom. The highest BCUT2D eigenvalue weighted by Crippen LogP contribution is 2.35. The molecule has 3 saturated heterocycles. The molecule has 10 heteroatoms. The molecule has 3 fully saturated rings. The smallest absolute Gasteiger partial charge is 0.475 e. The zero-order valence-corrected chi connectivity index (χ0v) is 17.3. The number of halogens is 3. The lowest BCUT2D eigenvalue weighted by Gasteiger charge is -2.45. The second-order valence-corrected chi connectivity index (χ2v) is 8.15. The molecule has 3 atom stereocenters. The highest BCUT2D eigenvalue weighted by molar-refractivity contribution is 5.79. The van der Waals surface area contributed by atoms with Gasteiger partial charge in [0.05, 0.1) is 11.8 Å². The van der Waals surface area contributed by atoms with Crippen molar-refractivity contribution in [2.75, 3.05) is 32.8 Å². The molecule has 0 unspecified atom stereocenters. The molecule has 0 aliphatic carbocycles. The Morgan fingerprint density at radius 3 is 2.48 bits per heavy atom. The molecule has 0 spiro atoms. The number of piperidine rings is 1. The monoisotopic (exact) mass is 443 g/mol. The third-order valence-corrected chi connectivity index (χ3v) is 6.04. The van der Waals surface area contributed by atoms with Crippen molar-refractivity contribution < 1.29 is 32.6 Å². The van der Waals surface area contributed by atoms with Crippen molar-refractivity contribution in [1.82, 2.24) is 14.8 Å². The number of carbonyl (C=O) groups is 2. The average molecular weight is 443 g/mol. The standard InChI is InChI=1S/C19H27N3O2.C2HF3O2/c23-19(22-9-3-4-10-22)16-7-12-24-18-6-11-21(14-17(16)18)13-15-5-1-2-8-20-15;3-2(4,5)1(6)7/h1-2,5,8,16-18H,3-4,6-7,9-14H2;(H,6,7)/t16-,17-,18-;/m1./s1. The maximum absolute atomic E-state index is 13.0. The van der Waals surface area contributed by atoms with Gasteiger partial charge in [-0.15, -0.1) is 0 Å². The number of carbonyl (C=O) groups excluding carboxylic acids is 1. The summed E-state index contributed by atoms with van der Waals surface area (Å²) in [6.07, 6.45) is 1.26. The van der Waals surface area contributed by atoms with Crippen LogP contribution < -0.4 is 0 Å². The number of ether oxygens (including phenoxy) is 1. The largest absolute Gasteiger partial charge is 0.490 e. The van der Waals surface area contributed by atoms with Crippen LogP contribution in [0.25, 0.3) is 0 Å². The first-order valence-corrected chi connectivity index (χ1v) is 10.6. The van der Waals surface area contributed by atoms with Gasteiger partial charge in [-0.25, -0.2) is 4.79 Å². The third kappa shape index (κ3) is 6.39. The second-order valence-electron chi connectivity index (χ2n) is 8.15. The number of aliphatic carboxylic acids is 1. The summed E-state index contributed by atoms with van der Waals surface area (Å²) in [5.41, 5.74) is 1.11. The molecule has 3 aliphatic heterocycles. The lowest BCUT2D eigenvalue weighted by Crippen LogP contribution is -2.53. The number of rotatable bonds is 3. The normalized spacial score (nSPS) is 26.5. The van der Waals surface area contributed by atoms with Crippen molar-refractivity contribution in [3.05, 3.63) is 30.1 Å². The van der Waals surface area contributed by atoms with Gasteiger partial charge in [0, 0.05) is 57.4 Å². The third-order valence-electron chi connectivity index (χ3n) is 6.04. The van der Waals surface area contributed by atoms with E-state index < -0.39 is 12.1 Å². The van der Waals surface area contributed by atoms with Crippen molar-refractivity contribution in [3.8, 4) is 0 Å². The molecule has 4 rings (SSSR count). The Balaban J connectivity index is 0.000000339. The number of carboxylic acid groups (broad SMARTS) is 1. The molecule has 7 nitrogen and oxygen atoms in total. The predicted molar refractivity (Wildman–Crippen MR) is 105 cm³/mol. The molecular formula is C21H28F3N3O4. The maximum Gasteiger partial charge on any atom is 0.490 e. The first-order valence-electron chi connectivity index (χ1n) is 10.6. The Labute approximate surface area is 179 Å². The summed E-state index contributed by atoms with van der Waals surface area (Å²) in [4.78, 5) is 30.8. The summed E-state index contributed by atoms with van der Waals surface area (Å²) in [7, 11) is 0. The van der Waals surface area contributed by atoms with Gasteiger partial charge in [-0.2, -0.15) is 13.2 Å². The molecule has 31 heavy (non-hydrogen) atoms. The first-order chi connectivity index (χ1) is 14.8. The Kier molecular flexibility index (Phi) is 7.88. The molecule has 0 aromatic carbocycles. The Hall–Kier alpha value is -2.20. The van der Waals surface area contributed by atoms with E-state index in [0.717, 1.165) is 70.7 Å². The van der Waals surface area contributed by atoms with Crippen LogP contribution in [0.5, 0.6) is 0 Å². The summed E-state index contributed by atoms with van der Waals surface area (Å²) in [5, 5.41) is 7.12. The molecule has 0 bridgehead atoms. The van der Waals surface area contributed by atoms with Gasteiger partial charge in [0.1, 0.15) is 0 Å². The van der Waals surface area contributed by atoms with Gasteiger partial charge in [-0.3, -0.25) is 14.7 Å². The number of hydrogen-bond acceptors (Lipinski definition) is 5. The number of fused-ring (bicyclic) bond motifs is 1. The topological polar surface area (TPSA) is 83.0 Å². The fraction of sp³-hybridized carbons (Fsp3) is 0.667. The van der Waals surface area contributed by atoms with E-state index in [-0.39, 0.29) is 12.0 Å². The molecule has 4 heterocycles. The van der Waals surface area contributed by atoms with E-state index in [9.17, 15) is 18.0 Å². The molecule has 172 valence electrons. The predicted octanol–water partition coefficient (Wildman–Crippen LogP) is 2.56. The summed E-state index contributed by atoms with van der Waals surface area (Å²) in [5.74, 6) is -1.89. The molecule has 1 amide bonds. The van der Waals surface area contributed by atoms with Crippen LogP contribution in [0.2, 0.25) is 0 Å². The van der Waals surface area contributed by atoms with E-state index in [2.05, 4.69) is 20.9 Å². The van der Waals surface area contributed by atoms with Crippen LogP contribution in [0.15, 0.2) is 24.4 Å². The van der Waals surface area contributed by atoms with E-state index in [1.54, 1.807) is 0 Å². The molecule has 0 radical (unpaired) electrons. The fourth-order valence-corrected chi connectivity index (χ4v) is 4.53. The van der Waals surface area contributed by atoms with Gasteiger partial charge < -0.3 is 14.7 Å². The molecular weight excluding hydrogens is 415 g/mol. The second kappa shape index (κ2) is 10.4. The van der Waals surface area contributed by atoms with Crippen molar-refractivity contribution in [2.24, 2.45) is 11.8 Å². The van der Waals surface area contributed by atoms with Crippen molar-refractivity contribution in [2.45, 2.75) is 44.5 Å². The van der Waals surface area contributed by atoms with Crippen molar-refractivity contribution in [3.63, 3.8) is 0 Å². The van der Waals surface area contributed by atoms with Crippen LogP contribution in [0, 0.1) is 11.8 Å². The summed E-state index contributed by atoms with van der Waals surface area (Å²) >= 11 is 0. The van der Waals surface area contributed by atoms with Crippen LogP contribution in [-0.2, 0) is 20.9 Å². The molecule has 3 aliphatic rings.